The van der Waals surface area contributed by atoms with Crippen LogP contribution in [0.5, 0.6) is 0 Å². The molecule has 2 unspecified atom stereocenters. The van der Waals surface area contributed by atoms with E-state index >= 15 is 0 Å². The lowest BCUT2D eigenvalue weighted by Gasteiger charge is -2.29. The standard InChI is InChI=1S/C11H24ClNO/c1-4-6-7-13(10(3)5-2)9-11(14)8-12/h10-11,14H,4-9H2,1-3H3. The molecule has 1 N–H and O–H groups in total. The van der Waals surface area contributed by atoms with Gasteiger partial charge in [0, 0.05) is 18.5 Å². The van der Waals surface area contributed by atoms with E-state index < -0.39 is 0 Å². The average Bonchev–Trinajstić information content (AvgIpc) is 2.22. The summed E-state index contributed by atoms with van der Waals surface area (Å²) in [6.45, 7) is 8.35. The van der Waals surface area contributed by atoms with Gasteiger partial charge in [0.1, 0.15) is 0 Å². The Morgan fingerprint density at radius 2 is 2.00 bits per heavy atom. The van der Waals surface area contributed by atoms with Crippen LogP contribution in [0.3, 0.4) is 0 Å². The van der Waals surface area contributed by atoms with Gasteiger partial charge in [0.15, 0.2) is 0 Å². The van der Waals surface area contributed by atoms with Crippen LogP contribution in [0, 0.1) is 0 Å². The molecule has 0 fully saturated rings. The van der Waals surface area contributed by atoms with Gasteiger partial charge in [-0.1, -0.05) is 20.3 Å². The molecule has 0 aliphatic heterocycles. The monoisotopic (exact) mass is 221 g/mol. The normalized spacial score (nSPS) is 15.9. The van der Waals surface area contributed by atoms with Crippen LogP contribution in [0.25, 0.3) is 0 Å². The molecular weight excluding hydrogens is 198 g/mol. The third kappa shape index (κ3) is 5.84. The zero-order valence-corrected chi connectivity index (χ0v) is 10.4. The second kappa shape index (κ2) is 8.51. The maximum Gasteiger partial charge on any atom is 0.0802 e. The van der Waals surface area contributed by atoms with Crippen LogP contribution in [0.15, 0.2) is 0 Å². The highest BCUT2D eigenvalue weighted by Crippen LogP contribution is 2.07. The van der Waals surface area contributed by atoms with Crippen molar-refractivity contribution in [3.8, 4) is 0 Å². The summed E-state index contributed by atoms with van der Waals surface area (Å²) in [6.07, 6.45) is 3.13. The van der Waals surface area contributed by atoms with Gasteiger partial charge >= 0.3 is 0 Å². The highest BCUT2D eigenvalue weighted by Gasteiger charge is 2.14. The Bertz CT molecular complexity index is 132. The summed E-state index contributed by atoms with van der Waals surface area (Å²) in [5.41, 5.74) is 0. The Kier molecular flexibility index (Phi) is 8.64. The number of unbranched alkanes of at least 4 members (excludes halogenated alkanes) is 1. The van der Waals surface area contributed by atoms with Gasteiger partial charge in [-0.2, -0.15) is 0 Å². The van der Waals surface area contributed by atoms with Crippen LogP contribution in [-0.2, 0) is 0 Å². The van der Waals surface area contributed by atoms with Crippen molar-refractivity contribution in [3.05, 3.63) is 0 Å². The molecule has 0 bridgehead atoms. The lowest BCUT2D eigenvalue weighted by atomic mass is 10.2. The molecule has 0 aliphatic rings. The van der Waals surface area contributed by atoms with Crippen molar-refractivity contribution in [2.45, 2.75) is 52.2 Å². The molecule has 86 valence electrons. The number of aliphatic hydroxyl groups is 1. The van der Waals surface area contributed by atoms with E-state index in [4.69, 9.17) is 11.6 Å². The van der Waals surface area contributed by atoms with E-state index in [1.54, 1.807) is 0 Å². The van der Waals surface area contributed by atoms with E-state index in [2.05, 4.69) is 25.7 Å². The minimum absolute atomic E-state index is 0.332. The van der Waals surface area contributed by atoms with E-state index in [0.717, 1.165) is 13.0 Å². The van der Waals surface area contributed by atoms with Crippen LogP contribution < -0.4 is 0 Å². The Balaban J connectivity index is 3.96. The first kappa shape index (κ1) is 14.2. The maximum atomic E-state index is 9.50. The first-order valence-corrected chi connectivity index (χ1v) is 6.17. The maximum absolute atomic E-state index is 9.50. The molecule has 0 saturated heterocycles. The van der Waals surface area contributed by atoms with Crippen LogP contribution in [0.1, 0.15) is 40.0 Å². The van der Waals surface area contributed by atoms with E-state index in [1.165, 1.54) is 12.8 Å². The van der Waals surface area contributed by atoms with E-state index in [1.807, 2.05) is 0 Å². The Hall–Kier alpha value is 0.210. The smallest absolute Gasteiger partial charge is 0.0802 e. The Morgan fingerprint density at radius 3 is 2.43 bits per heavy atom. The van der Waals surface area contributed by atoms with Crippen LogP contribution >= 0.6 is 11.6 Å². The molecule has 0 spiro atoms. The van der Waals surface area contributed by atoms with E-state index in [-0.39, 0.29) is 6.10 Å². The zero-order valence-electron chi connectivity index (χ0n) is 9.67. The van der Waals surface area contributed by atoms with Crippen molar-refractivity contribution in [1.82, 2.24) is 4.90 Å². The van der Waals surface area contributed by atoms with Gasteiger partial charge in [-0.05, 0) is 26.3 Å². The molecule has 0 saturated carbocycles. The SMILES string of the molecule is CCCCN(CC(O)CCl)C(C)CC. The summed E-state index contributed by atoms with van der Waals surface area (Å²) in [5, 5.41) is 9.50. The minimum atomic E-state index is -0.387. The molecule has 0 amide bonds. The lowest BCUT2D eigenvalue weighted by molar-refractivity contribution is 0.102. The molecule has 0 aromatic rings. The highest BCUT2D eigenvalue weighted by molar-refractivity contribution is 6.18. The fourth-order valence-corrected chi connectivity index (χ4v) is 1.53. The lowest BCUT2D eigenvalue weighted by Crippen LogP contribution is -2.40. The number of halogens is 1. The van der Waals surface area contributed by atoms with Crippen molar-refractivity contribution in [2.24, 2.45) is 0 Å². The van der Waals surface area contributed by atoms with Gasteiger partial charge in [0.2, 0.25) is 0 Å². The van der Waals surface area contributed by atoms with Crippen molar-refractivity contribution in [3.63, 3.8) is 0 Å². The summed E-state index contributed by atoms with van der Waals surface area (Å²) < 4.78 is 0. The zero-order chi connectivity index (χ0) is 11.0. The summed E-state index contributed by atoms with van der Waals surface area (Å²) in [7, 11) is 0. The first-order chi connectivity index (χ1) is 6.65. The molecule has 0 rings (SSSR count). The average molecular weight is 222 g/mol. The van der Waals surface area contributed by atoms with Crippen molar-refractivity contribution < 1.29 is 5.11 Å². The third-order valence-electron chi connectivity index (χ3n) is 2.64. The van der Waals surface area contributed by atoms with Crippen LogP contribution in [0.4, 0.5) is 0 Å². The molecule has 0 radical (unpaired) electrons. The second-order valence-corrected chi connectivity index (χ2v) is 4.22. The quantitative estimate of drug-likeness (QED) is 0.637. The molecular formula is C11H24ClNO. The van der Waals surface area contributed by atoms with E-state index in [9.17, 15) is 5.11 Å². The van der Waals surface area contributed by atoms with Gasteiger partial charge in [-0.15, -0.1) is 11.6 Å². The second-order valence-electron chi connectivity index (χ2n) is 3.91. The molecule has 14 heavy (non-hydrogen) atoms. The number of rotatable bonds is 8. The van der Waals surface area contributed by atoms with Crippen LogP contribution in [0.2, 0.25) is 0 Å². The fourth-order valence-electron chi connectivity index (χ4n) is 1.43. The largest absolute Gasteiger partial charge is 0.391 e. The number of hydrogen-bond donors (Lipinski definition) is 1. The summed E-state index contributed by atoms with van der Waals surface area (Å²) in [4.78, 5) is 2.33. The van der Waals surface area contributed by atoms with Crippen molar-refractivity contribution in [2.75, 3.05) is 19.0 Å². The molecule has 0 aromatic heterocycles. The fraction of sp³-hybridized carbons (Fsp3) is 1.00. The topological polar surface area (TPSA) is 23.5 Å². The third-order valence-corrected chi connectivity index (χ3v) is 2.99. The molecule has 0 aliphatic carbocycles. The van der Waals surface area contributed by atoms with Gasteiger partial charge in [0.05, 0.1) is 6.10 Å². The van der Waals surface area contributed by atoms with Gasteiger partial charge < -0.3 is 5.11 Å². The molecule has 0 heterocycles. The van der Waals surface area contributed by atoms with Gasteiger partial charge in [-0.3, -0.25) is 4.90 Å². The Labute approximate surface area is 93.2 Å². The van der Waals surface area contributed by atoms with Gasteiger partial charge in [0.25, 0.3) is 0 Å². The summed E-state index contributed by atoms with van der Waals surface area (Å²) in [6, 6.07) is 0.541. The molecule has 2 atom stereocenters. The van der Waals surface area contributed by atoms with E-state index in [0.29, 0.717) is 18.5 Å². The van der Waals surface area contributed by atoms with Gasteiger partial charge in [-0.25, -0.2) is 0 Å². The predicted octanol–water partition coefficient (Wildman–Crippen LogP) is 2.49. The molecule has 0 aromatic carbocycles. The highest BCUT2D eigenvalue weighted by atomic mass is 35.5. The van der Waals surface area contributed by atoms with Crippen molar-refractivity contribution >= 4 is 11.6 Å². The summed E-state index contributed by atoms with van der Waals surface area (Å²) >= 11 is 5.60. The van der Waals surface area contributed by atoms with Crippen LogP contribution in [-0.4, -0.2) is 41.1 Å². The predicted molar refractivity (Wildman–Crippen MR) is 63.0 cm³/mol. The minimum Gasteiger partial charge on any atom is -0.391 e. The molecule has 2 nitrogen and oxygen atoms in total. The number of aliphatic hydroxyl groups excluding tert-OH is 1. The number of nitrogens with zero attached hydrogens (tertiary/aromatic N) is 1. The number of alkyl halides is 1. The molecule has 3 heteroatoms. The summed E-state index contributed by atoms with van der Waals surface area (Å²) in [5.74, 6) is 0.332. The first-order valence-electron chi connectivity index (χ1n) is 5.63. The number of hydrogen-bond acceptors (Lipinski definition) is 2. The Morgan fingerprint density at radius 1 is 1.36 bits per heavy atom. The van der Waals surface area contributed by atoms with Crippen molar-refractivity contribution in [1.29, 1.82) is 0 Å².